The van der Waals surface area contributed by atoms with E-state index in [9.17, 15) is 9.59 Å². The molecule has 0 atom stereocenters. The summed E-state index contributed by atoms with van der Waals surface area (Å²) in [7, 11) is 0. The van der Waals surface area contributed by atoms with E-state index in [1.807, 2.05) is 39.8 Å². The summed E-state index contributed by atoms with van der Waals surface area (Å²) >= 11 is 0. The van der Waals surface area contributed by atoms with Crippen LogP contribution in [0.1, 0.15) is 81.6 Å². The van der Waals surface area contributed by atoms with Crippen LogP contribution in [0.5, 0.6) is 0 Å². The average molecular weight is 316 g/mol. The van der Waals surface area contributed by atoms with Gasteiger partial charge in [0.1, 0.15) is 5.60 Å². The first kappa shape index (κ1) is 17.7. The molecule has 23 heavy (non-hydrogen) atoms. The molecule has 0 amide bonds. The van der Waals surface area contributed by atoms with E-state index in [-0.39, 0.29) is 17.7 Å². The molecule has 1 aliphatic carbocycles. The molecule has 2 rings (SSSR count). The van der Waals surface area contributed by atoms with E-state index in [0.29, 0.717) is 12.3 Å². The molecule has 1 fully saturated rings. The Hall–Kier alpha value is -1.64. The monoisotopic (exact) mass is 316 g/mol. The van der Waals surface area contributed by atoms with Gasteiger partial charge in [-0.2, -0.15) is 0 Å². The minimum atomic E-state index is -0.407. The van der Waals surface area contributed by atoms with Crippen molar-refractivity contribution >= 4 is 11.8 Å². The first-order valence-electron chi connectivity index (χ1n) is 8.66. The van der Waals surface area contributed by atoms with Gasteiger partial charge in [0, 0.05) is 12.0 Å². The van der Waals surface area contributed by atoms with Crippen molar-refractivity contribution in [3.8, 4) is 0 Å². The Morgan fingerprint density at radius 3 is 2.09 bits per heavy atom. The van der Waals surface area contributed by atoms with Gasteiger partial charge in [-0.25, -0.2) is 0 Å². The standard InChI is InChI=1S/C20H28O3/c1-5-18(21)16-10-6-14(7-11-16)15-8-12-17(13-9-15)19(22)23-20(2,3)4/h6-7,10-11,15,17H,5,8-9,12-13H2,1-4H3. The van der Waals surface area contributed by atoms with Gasteiger partial charge in [0.2, 0.25) is 0 Å². The molecule has 0 bridgehead atoms. The normalized spacial score (nSPS) is 21.7. The number of hydrogen-bond donors (Lipinski definition) is 0. The molecule has 0 spiro atoms. The second-order valence-electron chi connectivity index (χ2n) is 7.48. The maximum atomic E-state index is 12.1. The van der Waals surface area contributed by atoms with Gasteiger partial charge in [-0.3, -0.25) is 9.59 Å². The van der Waals surface area contributed by atoms with Crippen LogP contribution < -0.4 is 0 Å². The molecule has 0 heterocycles. The van der Waals surface area contributed by atoms with E-state index in [2.05, 4.69) is 12.1 Å². The molecule has 0 N–H and O–H groups in total. The lowest BCUT2D eigenvalue weighted by molar-refractivity contribution is -0.161. The number of ketones is 1. The number of rotatable bonds is 4. The van der Waals surface area contributed by atoms with E-state index in [1.54, 1.807) is 0 Å². The van der Waals surface area contributed by atoms with Crippen molar-refractivity contribution in [3.63, 3.8) is 0 Å². The molecular formula is C20H28O3. The van der Waals surface area contributed by atoms with Gasteiger partial charge in [-0.1, -0.05) is 31.2 Å². The average Bonchev–Trinajstić information content (AvgIpc) is 2.53. The van der Waals surface area contributed by atoms with Crippen LogP contribution in [0.15, 0.2) is 24.3 Å². The number of carbonyl (C=O) groups excluding carboxylic acids is 2. The molecule has 1 aromatic carbocycles. The number of carbonyl (C=O) groups is 2. The van der Waals surface area contributed by atoms with Gasteiger partial charge in [0.05, 0.1) is 5.92 Å². The largest absolute Gasteiger partial charge is 0.460 e. The Balaban J connectivity index is 1.91. The number of benzene rings is 1. The zero-order valence-electron chi connectivity index (χ0n) is 14.7. The lowest BCUT2D eigenvalue weighted by atomic mass is 9.78. The Morgan fingerprint density at radius 2 is 1.61 bits per heavy atom. The molecule has 1 aromatic rings. The first-order valence-corrected chi connectivity index (χ1v) is 8.66. The van der Waals surface area contributed by atoms with E-state index < -0.39 is 5.60 Å². The summed E-state index contributed by atoms with van der Waals surface area (Å²) in [6.07, 6.45) is 4.32. The van der Waals surface area contributed by atoms with Crippen molar-refractivity contribution in [2.24, 2.45) is 5.92 Å². The highest BCUT2D eigenvalue weighted by Crippen LogP contribution is 2.36. The third-order valence-corrected chi connectivity index (χ3v) is 4.49. The maximum absolute atomic E-state index is 12.1. The Labute approximate surface area is 139 Å². The summed E-state index contributed by atoms with van der Waals surface area (Å²) in [6.45, 7) is 7.62. The number of esters is 1. The first-order chi connectivity index (χ1) is 10.8. The third-order valence-electron chi connectivity index (χ3n) is 4.49. The number of hydrogen-bond acceptors (Lipinski definition) is 3. The van der Waals surface area contributed by atoms with Crippen LogP contribution in [0, 0.1) is 5.92 Å². The number of Topliss-reactive ketones (excluding diaryl/α,β-unsaturated/α-hetero) is 1. The maximum Gasteiger partial charge on any atom is 0.309 e. The highest BCUT2D eigenvalue weighted by atomic mass is 16.6. The SMILES string of the molecule is CCC(=O)c1ccc(C2CCC(C(=O)OC(C)(C)C)CC2)cc1. The topological polar surface area (TPSA) is 43.4 Å². The summed E-state index contributed by atoms with van der Waals surface area (Å²) in [4.78, 5) is 23.8. The van der Waals surface area contributed by atoms with Crippen LogP contribution in [-0.4, -0.2) is 17.4 Å². The highest BCUT2D eigenvalue weighted by molar-refractivity contribution is 5.95. The quantitative estimate of drug-likeness (QED) is 0.586. The van der Waals surface area contributed by atoms with Crippen LogP contribution in [0.2, 0.25) is 0 Å². The Kier molecular flexibility index (Phi) is 5.61. The molecule has 3 heteroatoms. The summed E-state index contributed by atoms with van der Waals surface area (Å²) in [5.74, 6) is 0.649. The van der Waals surface area contributed by atoms with Gasteiger partial charge < -0.3 is 4.74 Å². The van der Waals surface area contributed by atoms with E-state index in [0.717, 1.165) is 31.2 Å². The molecule has 0 unspecified atom stereocenters. The van der Waals surface area contributed by atoms with Gasteiger partial charge in [0.25, 0.3) is 0 Å². The van der Waals surface area contributed by atoms with Crippen molar-refractivity contribution in [1.82, 2.24) is 0 Å². The second kappa shape index (κ2) is 7.29. The number of ether oxygens (including phenoxy) is 1. The molecule has 0 saturated heterocycles. The van der Waals surface area contributed by atoms with Gasteiger partial charge in [-0.15, -0.1) is 0 Å². The molecule has 1 saturated carbocycles. The minimum absolute atomic E-state index is 0.0337. The van der Waals surface area contributed by atoms with Crippen molar-refractivity contribution < 1.29 is 14.3 Å². The molecule has 0 aromatic heterocycles. The minimum Gasteiger partial charge on any atom is -0.460 e. The predicted molar refractivity (Wildman–Crippen MR) is 91.6 cm³/mol. The fourth-order valence-corrected chi connectivity index (χ4v) is 3.19. The molecule has 126 valence electrons. The second-order valence-corrected chi connectivity index (χ2v) is 7.48. The lowest BCUT2D eigenvalue weighted by Gasteiger charge is -2.30. The van der Waals surface area contributed by atoms with Crippen LogP contribution in [0.3, 0.4) is 0 Å². The summed E-state index contributed by atoms with van der Waals surface area (Å²) in [5, 5.41) is 0. The Morgan fingerprint density at radius 1 is 1.04 bits per heavy atom. The van der Waals surface area contributed by atoms with Crippen LogP contribution >= 0.6 is 0 Å². The van der Waals surface area contributed by atoms with Crippen LogP contribution in [0.4, 0.5) is 0 Å². The van der Waals surface area contributed by atoms with E-state index in [4.69, 9.17) is 4.74 Å². The summed E-state index contributed by atoms with van der Waals surface area (Å²) in [5.41, 5.74) is 1.66. The van der Waals surface area contributed by atoms with Gasteiger partial charge in [-0.05, 0) is 57.9 Å². The molecule has 0 radical (unpaired) electrons. The highest BCUT2D eigenvalue weighted by Gasteiger charge is 2.30. The third kappa shape index (κ3) is 4.92. The predicted octanol–water partition coefficient (Wildman–Crippen LogP) is 4.89. The molecule has 3 nitrogen and oxygen atoms in total. The van der Waals surface area contributed by atoms with Crippen molar-refractivity contribution in [2.45, 2.75) is 71.3 Å². The molecular weight excluding hydrogens is 288 g/mol. The Bertz CT molecular complexity index is 543. The van der Waals surface area contributed by atoms with Crippen molar-refractivity contribution in [1.29, 1.82) is 0 Å². The zero-order chi connectivity index (χ0) is 17.0. The van der Waals surface area contributed by atoms with Crippen molar-refractivity contribution in [3.05, 3.63) is 35.4 Å². The smallest absolute Gasteiger partial charge is 0.309 e. The van der Waals surface area contributed by atoms with E-state index in [1.165, 1.54) is 5.56 Å². The summed E-state index contributed by atoms with van der Waals surface area (Å²) in [6, 6.07) is 8.00. The molecule has 1 aliphatic rings. The summed E-state index contributed by atoms with van der Waals surface area (Å²) < 4.78 is 5.50. The lowest BCUT2D eigenvalue weighted by Crippen LogP contribution is -2.30. The van der Waals surface area contributed by atoms with Gasteiger partial charge >= 0.3 is 5.97 Å². The van der Waals surface area contributed by atoms with Crippen molar-refractivity contribution in [2.75, 3.05) is 0 Å². The van der Waals surface area contributed by atoms with Crippen LogP contribution in [0.25, 0.3) is 0 Å². The molecule has 0 aliphatic heterocycles. The zero-order valence-corrected chi connectivity index (χ0v) is 14.7. The van der Waals surface area contributed by atoms with Crippen LogP contribution in [-0.2, 0) is 9.53 Å². The van der Waals surface area contributed by atoms with Gasteiger partial charge in [0.15, 0.2) is 5.78 Å². The fourth-order valence-electron chi connectivity index (χ4n) is 3.19. The van der Waals surface area contributed by atoms with E-state index >= 15 is 0 Å². The fraction of sp³-hybridized carbons (Fsp3) is 0.600.